The van der Waals surface area contributed by atoms with Crippen molar-refractivity contribution in [2.24, 2.45) is 0 Å². The lowest BCUT2D eigenvalue weighted by Gasteiger charge is -2.28. The molecule has 1 aromatic rings. The molecule has 0 saturated carbocycles. The summed E-state index contributed by atoms with van der Waals surface area (Å²) in [5.41, 5.74) is 2.98. The van der Waals surface area contributed by atoms with Gasteiger partial charge in [0.25, 0.3) is 0 Å². The van der Waals surface area contributed by atoms with Gasteiger partial charge in [0.15, 0.2) is 0 Å². The van der Waals surface area contributed by atoms with Gasteiger partial charge in [-0.25, -0.2) is 0 Å². The Bertz CT molecular complexity index is 330. The molecule has 1 unspecified atom stereocenters. The second kappa shape index (κ2) is 3.00. The van der Waals surface area contributed by atoms with Crippen molar-refractivity contribution in [1.82, 2.24) is 4.48 Å². The molecule has 13 heavy (non-hydrogen) atoms. The van der Waals surface area contributed by atoms with E-state index in [1.807, 2.05) is 6.08 Å². The molecule has 1 heterocycles. The van der Waals surface area contributed by atoms with Gasteiger partial charge in [-0.05, 0) is 12.1 Å². The van der Waals surface area contributed by atoms with Crippen LogP contribution in [0, 0.1) is 0 Å². The van der Waals surface area contributed by atoms with Crippen molar-refractivity contribution < 1.29 is 0 Å². The third-order valence-electron chi connectivity index (χ3n) is 2.98. The number of benzene rings is 1. The first-order chi connectivity index (χ1) is 6.26. The topological polar surface area (TPSA) is 0 Å². The smallest absolute Gasteiger partial charge is 0.136 e. The van der Waals surface area contributed by atoms with E-state index in [1.165, 1.54) is 24.2 Å². The Hall–Kier alpha value is -1.08. The molecule has 0 aliphatic carbocycles. The fourth-order valence-corrected chi connectivity index (χ4v) is 2.21. The number of quaternary nitrogens is 1. The van der Waals surface area contributed by atoms with Gasteiger partial charge in [-0.1, -0.05) is 24.8 Å². The number of nitrogens with zero attached hydrogens (tertiary/aromatic N) is 1. The van der Waals surface area contributed by atoms with E-state index < -0.39 is 0 Å². The summed E-state index contributed by atoms with van der Waals surface area (Å²) in [5.74, 6) is 0. The molecule has 1 aliphatic rings. The first-order valence-electron chi connectivity index (χ1n) is 4.80. The van der Waals surface area contributed by atoms with Crippen molar-refractivity contribution >= 4 is 5.69 Å². The van der Waals surface area contributed by atoms with Crippen molar-refractivity contribution in [3.8, 4) is 0 Å². The minimum absolute atomic E-state index is 1.03. The van der Waals surface area contributed by atoms with Gasteiger partial charge in [0.05, 0.1) is 13.6 Å². The molecule has 0 N–H and O–H groups in total. The molecular formula is C12H16N+. The molecule has 1 aromatic carbocycles. The Labute approximate surface area is 79.9 Å². The zero-order valence-electron chi connectivity index (χ0n) is 8.16. The van der Waals surface area contributed by atoms with Crippen molar-refractivity contribution in [3.05, 3.63) is 42.5 Å². The molecule has 0 saturated heterocycles. The Morgan fingerprint density at radius 2 is 2.23 bits per heavy atom. The van der Waals surface area contributed by atoms with Crippen LogP contribution in [0.4, 0.5) is 5.69 Å². The lowest BCUT2D eigenvalue weighted by molar-refractivity contribution is 0.394. The van der Waals surface area contributed by atoms with E-state index in [0.717, 1.165) is 11.0 Å². The van der Waals surface area contributed by atoms with Crippen LogP contribution in [0.5, 0.6) is 0 Å². The number of hydrogen-bond donors (Lipinski definition) is 0. The van der Waals surface area contributed by atoms with E-state index in [2.05, 4.69) is 37.9 Å². The second-order valence-corrected chi connectivity index (χ2v) is 3.97. The summed E-state index contributed by atoms with van der Waals surface area (Å²) in [6.07, 6.45) is 3.22. The van der Waals surface area contributed by atoms with E-state index in [0.29, 0.717) is 0 Å². The third-order valence-corrected chi connectivity index (χ3v) is 2.98. The van der Waals surface area contributed by atoms with Crippen LogP contribution in [0.3, 0.4) is 0 Å². The number of rotatable bonds is 2. The maximum atomic E-state index is 3.83. The van der Waals surface area contributed by atoms with Crippen molar-refractivity contribution in [1.29, 1.82) is 0 Å². The van der Waals surface area contributed by atoms with Crippen LogP contribution >= 0.6 is 0 Å². The first kappa shape index (κ1) is 8.52. The van der Waals surface area contributed by atoms with E-state index in [-0.39, 0.29) is 0 Å². The average molecular weight is 174 g/mol. The van der Waals surface area contributed by atoms with Crippen LogP contribution in [0.25, 0.3) is 0 Å². The van der Waals surface area contributed by atoms with Crippen molar-refractivity contribution in [2.45, 2.75) is 6.42 Å². The summed E-state index contributed by atoms with van der Waals surface area (Å²) in [5, 5.41) is 0. The Kier molecular flexibility index (Phi) is 1.97. The monoisotopic (exact) mass is 174 g/mol. The molecule has 1 nitrogen and oxygen atoms in total. The number of fused-ring (bicyclic) bond motifs is 1. The minimum Gasteiger partial charge on any atom is -0.290 e. The lowest BCUT2D eigenvalue weighted by atomic mass is 10.2. The van der Waals surface area contributed by atoms with Crippen LogP contribution in [0.1, 0.15) is 5.56 Å². The molecule has 0 fully saturated rings. The lowest BCUT2D eigenvalue weighted by Crippen LogP contribution is -2.43. The first-order valence-corrected chi connectivity index (χ1v) is 4.80. The summed E-state index contributed by atoms with van der Waals surface area (Å²) in [7, 11) is 2.29. The normalized spacial score (nSPS) is 25.6. The van der Waals surface area contributed by atoms with Crippen LogP contribution < -0.4 is 4.48 Å². The van der Waals surface area contributed by atoms with Crippen LogP contribution in [0.15, 0.2) is 36.9 Å². The summed E-state index contributed by atoms with van der Waals surface area (Å²) >= 11 is 0. The fourth-order valence-electron chi connectivity index (χ4n) is 2.21. The molecule has 0 aromatic heterocycles. The molecule has 68 valence electrons. The molecule has 0 spiro atoms. The van der Waals surface area contributed by atoms with Gasteiger partial charge in [-0.15, -0.1) is 0 Å². The standard InChI is InChI=1S/C12H16N/c1-3-9-13(2)10-8-11-6-4-5-7-12(11)13/h3-7H,1,8-10H2,2H3/q+1. The summed E-state index contributed by atoms with van der Waals surface area (Å²) < 4.78 is 1.03. The molecule has 2 rings (SSSR count). The third kappa shape index (κ3) is 1.29. The SMILES string of the molecule is C=CC[N+]1(C)CCc2ccccc21. The van der Waals surface area contributed by atoms with Gasteiger partial charge in [-0.3, -0.25) is 4.48 Å². The van der Waals surface area contributed by atoms with Gasteiger partial charge in [0, 0.05) is 12.0 Å². The quantitative estimate of drug-likeness (QED) is 0.477. The van der Waals surface area contributed by atoms with Gasteiger partial charge in [0.2, 0.25) is 0 Å². The van der Waals surface area contributed by atoms with Crippen molar-refractivity contribution in [2.75, 3.05) is 20.1 Å². The summed E-state index contributed by atoms with van der Waals surface area (Å²) in [4.78, 5) is 0. The highest BCUT2D eigenvalue weighted by atomic mass is 15.3. The molecule has 0 bridgehead atoms. The summed E-state index contributed by atoms with van der Waals surface area (Å²) in [6, 6.07) is 8.74. The van der Waals surface area contributed by atoms with E-state index in [4.69, 9.17) is 0 Å². The Morgan fingerprint density at radius 3 is 3.00 bits per heavy atom. The maximum absolute atomic E-state index is 3.83. The highest BCUT2D eigenvalue weighted by Crippen LogP contribution is 2.32. The fraction of sp³-hybridized carbons (Fsp3) is 0.333. The molecular weight excluding hydrogens is 158 g/mol. The predicted octanol–water partition coefficient (Wildman–Crippen LogP) is 2.37. The minimum atomic E-state index is 1.03. The average Bonchev–Trinajstić information content (AvgIpc) is 2.46. The van der Waals surface area contributed by atoms with Crippen LogP contribution in [-0.2, 0) is 6.42 Å². The van der Waals surface area contributed by atoms with Crippen LogP contribution in [-0.4, -0.2) is 20.1 Å². The number of para-hydroxylation sites is 1. The highest BCUT2D eigenvalue weighted by Gasteiger charge is 2.32. The molecule has 0 radical (unpaired) electrons. The van der Waals surface area contributed by atoms with Gasteiger partial charge in [0.1, 0.15) is 12.2 Å². The second-order valence-electron chi connectivity index (χ2n) is 3.97. The van der Waals surface area contributed by atoms with Crippen LogP contribution in [0.2, 0.25) is 0 Å². The zero-order valence-corrected chi connectivity index (χ0v) is 8.16. The highest BCUT2D eigenvalue weighted by molar-refractivity contribution is 5.54. The maximum Gasteiger partial charge on any atom is 0.136 e. The predicted molar refractivity (Wildman–Crippen MR) is 57.8 cm³/mol. The molecule has 0 amide bonds. The Balaban J connectivity index is 2.42. The molecule has 1 atom stereocenters. The van der Waals surface area contributed by atoms with Gasteiger partial charge >= 0.3 is 0 Å². The molecule has 1 aliphatic heterocycles. The molecule has 1 heteroatoms. The zero-order chi connectivity index (χ0) is 9.31. The van der Waals surface area contributed by atoms with Gasteiger partial charge < -0.3 is 0 Å². The van der Waals surface area contributed by atoms with E-state index >= 15 is 0 Å². The van der Waals surface area contributed by atoms with E-state index in [9.17, 15) is 0 Å². The van der Waals surface area contributed by atoms with Crippen molar-refractivity contribution in [3.63, 3.8) is 0 Å². The Morgan fingerprint density at radius 1 is 1.46 bits per heavy atom. The number of hydrogen-bond acceptors (Lipinski definition) is 0. The summed E-state index contributed by atoms with van der Waals surface area (Å²) in [6.45, 7) is 6.08. The largest absolute Gasteiger partial charge is 0.290 e. The van der Waals surface area contributed by atoms with Gasteiger partial charge in [-0.2, -0.15) is 0 Å². The number of likely N-dealkylation sites (N-methyl/N-ethyl adjacent to an activating group) is 1. The van der Waals surface area contributed by atoms with E-state index in [1.54, 1.807) is 0 Å².